The Morgan fingerprint density at radius 1 is 1.17 bits per heavy atom. The fourth-order valence-corrected chi connectivity index (χ4v) is 4.17. The van der Waals surface area contributed by atoms with Crippen LogP contribution < -0.4 is 4.72 Å². The number of ether oxygens (including phenoxy) is 1. The van der Waals surface area contributed by atoms with E-state index in [2.05, 4.69) is 9.46 Å². The number of ketones is 1. The summed E-state index contributed by atoms with van der Waals surface area (Å²) in [5.74, 6) is -0.774. The SMILES string of the molecule is COC(=O)Cn1cc(S(=O)(=O)Nc2ccc(C(C)=O)cc2)c2cc([N+](=O)[O-])ccc21. The number of nitrogens with zero attached hydrogens (tertiary/aromatic N) is 2. The van der Waals surface area contributed by atoms with Gasteiger partial charge in [0.05, 0.1) is 17.5 Å². The molecule has 0 atom stereocenters. The maximum absolute atomic E-state index is 13.0. The van der Waals surface area contributed by atoms with Crippen LogP contribution in [-0.4, -0.2) is 36.8 Å². The molecule has 10 nitrogen and oxygen atoms in total. The first-order valence-corrected chi connectivity index (χ1v) is 10.1. The van der Waals surface area contributed by atoms with Gasteiger partial charge in [-0.25, -0.2) is 8.42 Å². The molecule has 0 saturated carbocycles. The van der Waals surface area contributed by atoms with Crippen LogP contribution in [0.4, 0.5) is 11.4 Å². The number of methoxy groups -OCH3 is 1. The topological polar surface area (TPSA) is 138 Å². The zero-order valence-corrected chi connectivity index (χ0v) is 16.8. The van der Waals surface area contributed by atoms with Gasteiger partial charge >= 0.3 is 5.97 Å². The molecule has 0 radical (unpaired) electrons. The summed E-state index contributed by atoms with van der Waals surface area (Å²) >= 11 is 0. The Balaban J connectivity index is 2.09. The van der Waals surface area contributed by atoms with E-state index >= 15 is 0 Å². The molecule has 1 heterocycles. The monoisotopic (exact) mass is 431 g/mol. The Morgan fingerprint density at radius 3 is 2.40 bits per heavy atom. The second-order valence-corrected chi connectivity index (χ2v) is 8.05. The summed E-state index contributed by atoms with van der Waals surface area (Å²) in [5, 5.41) is 11.2. The van der Waals surface area contributed by atoms with E-state index < -0.39 is 20.9 Å². The minimum atomic E-state index is -4.17. The molecule has 2 aromatic carbocycles. The maximum atomic E-state index is 13.0. The summed E-state index contributed by atoms with van der Waals surface area (Å²) in [6, 6.07) is 9.56. The summed E-state index contributed by atoms with van der Waals surface area (Å²) in [5.41, 5.74) is 0.654. The Labute approximate surface area is 171 Å². The molecular formula is C19H17N3O7S. The highest BCUT2D eigenvalue weighted by atomic mass is 32.2. The summed E-state index contributed by atoms with van der Waals surface area (Å²) in [7, 11) is -2.97. The number of fused-ring (bicyclic) bond motifs is 1. The number of hydrogen-bond acceptors (Lipinski definition) is 7. The number of esters is 1. The molecule has 0 fully saturated rings. The Kier molecular flexibility index (Phi) is 5.56. The number of Topliss-reactive ketones (excluding diaryl/α,β-unsaturated/α-hetero) is 1. The number of hydrogen-bond donors (Lipinski definition) is 1. The number of sulfonamides is 1. The summed E-state index contributed by atoms with van der Waals surface area (Å²) in [6.07, 6.45) is 1.22. The quantitative estimate of drug-likeness (QED) is 0.263. The average molecular weight is 431 g/mol. The number of aromatic nitrogens is 1. The van der Waals surface area contributed by atoms with Crippen LogP contribution in [0.5, 0.6) is 0 Å². The molecule has 1 aromatic heterocycles. The molecule has 0 amide bonds. The lowest BCUT2D eigenvalue weighted by molar-refractivity contribution is -0.384. The molecule has 0 bridgehead atoms. The fourth-order valence-electron chi connectivity index (χ4n) is 2.90. The first kappa shape index (κ1) is 21.0. The van der Waals surface area contributed by atoms with Gasteiger partial charge in [0, 0.05) is 35.0 Å². The van der Waals surface area contributed by atoms with Crippen LogP contribution in [0, 0.1) is 10.1 Å². The molecule has 3 aromatic rings. The van der Waals surface area contributed by atoms with Crippen LogP contribution in [0.1, 0.15) is 17.3 Å². The van der Waals surface area contributed by atoms with Gasteiger partial charge in [0.15, 0.2) is 5.78 Å². The second kappa shape index (κ2) is 7.95. The Morgan fingerprint density at radius 2 is 1.83 bits per heavy atom. The van der Waals surface area contributed by atoms with Crippen molar-refractivity contribution in [3.05, 3.63) is 64.3 Å². The second-order valence-electron chi connectivity index (χ2n) is 6.39. The zero-order valence-electron chi connectivity index (χ0n) is 16.0. The first-order chi connectivity index (χ1) is 14.1. The number of carbonyl (C=O) groups excluding carboxylic acids is 2. The third kappa shape index (κ3) is 4.15. The highest BCUT2D eigenvalue weighted by molar-refractivity contribution is 7.93. The molecule has 0 unspecified atom stereocenters. The van der Waals surface area contributed by atoms with Crippen LogP contribution in [0.15, 0.2) is 53.6 Å². The van der Waals surface area contributed by atoms with Crippen molar-refractivity contribution < 1.29 is 27.7 Å². The van der Waals surface area contributed by atoms with E-state index in [1.807, 2.05) is 0 Å². The molecular weight excluding hydrogens is 414 g/mol. The molecule has 0 aliphatic heterocycles. The van der Waals surface area contributed by atoms with E-state index in [9.17, 15) is 28.1 Å². The average Bonchev–Trinajstić information content (AvgIpc) is 3.06. The molecule has 0 aliphatic rings. The molecule has 1 N–H and O–H groups in total. The van der Waals surface area contributed by atoms with Crippen molar-refractivity contribution in [2.45, 2.75) is 18.4 Å². The van der Waals surface area contributed by atoms with E-state index in [4.69, 9.17) is 0 Å². The van der Waals surface area contributed by atoms with Crippen LogP contribution >= 0.6 is 0 Å². The number of nitro benzene ring substituents is 1. The van der Waals surface area contributed by atoms with E-state index in [1.54, 1.807) is 0 Å². The number of benzene rings is 2. The van der Waals surface area contributed by atoms with Crippen molar-refractivity contribution in [2.24, 2.45) is 0 Å². The molecule has 3 rings (SSSR count). The van der Waals surface area contributed by atoms with Crippen molar-refractivity contribution >= 4 is 44.1 Å². The number of carbonyl (C=O) groups is 2. The molecule has 0 spiro atoms. The van der Waals surface area contributed by atoms with Crippen molar-refractivity contribution in [3.63, 3.8) is 0 Å². The Bertz CT molecular complexity index is 1260. The van der Waals surface area contributed by atoms with Crippen molar-refractivity contribution in [1.82, 2.24) is 4.57 Å². The van der Waals surface area contributed by atoms with Crippen LogP contribution in [0.25, 0.3) is 10.9 Å². The predicted molar refractivity (Wildman–Crippen MR) is 108 cm³/mol. The number of nitrogens with one attached hydrogen (secondary N) is 1. The molecule has 30 heavy (non-hydrogen) atoms. The number of rotatable bonds is 7. The van der Waals surface area contributed by atoms with Gasteiger partial charge in [-0.3, -0.25) is 24.4 Å². The summed E-state index contributed by atoms with van der Waals surface area (Å²) in [6.45, 7) is 1.12. The van der Waals surface area contributed by atoms with E-state index in [0.717, 1.165) is 6.07 Å². The van der Waals surface area contributed by atoms with Crippen LogP contribution in [-0.2, 0) is 26.1 Å². The van der Waals surface area contributed by atoms with Gasteiger partial charge in [0.2, 0.25) is 0 Å². The molecule has 0 saturated heterocycles. The van der Waals surface area contributed by atoms with Gasteiger partial charge < -0.3 is 9.30 Å². The smallest absolute Gasteiger partial charge is 0.325 e. The van der Waals surface area contributed by atoms with E-state index in [0.29, 0.717) is 11.1 Å². The van der Waals surface area contributed by atoms with Crippen LogP contribution in [0.2, 0.25) is 0 Å². The van der Waals surface area contributed by atoms with Crippen molar-refractivity contribution in [1.29, 1.82) is 0 Å². The lowest BCUT2D eigenvalue weighted by Gasteiger charge is -2.07. The predicted octanol–water partition coefficient (Wildman–Crippen LogP) is 2.73. The van der Waals surface area contributed by atoms with Gasteiger partial charge in [-0.1, -0.05) is 0 Å². The minimum Gasteiger partial charge on any atom is -0.468 e. The Hall–Kier alpha value is -3.73. The standard InChI is InChI=1S/C19H17N3O7S/c1-12(23)13-3-5-14(6-4-13)20-30(27,28)18-10-21(11-19(24)29-2)17-8-7-15(22(25)26)9-16(17)18/h3-10,20H,11H2,1-2H3. The van der Waals surface area contributed by atoms with Gasteiger partial charge in [-0.15, -0.1) is 0 Å². The van der Waals surface area contributed by atoms with Gasteiger partial charge in [-0.05, 0) is 37.3 Å². The minimum absolute atomic E-state index is 0.0842. The van der Waals surface area contributed by atoms with E-state index in [-0.39, 0.29) is 34.0 Å². The van der Waals surface area contributed by atoms with Gasteiger partial charge in [-0.2, -0.15) is 0 Å². The molecule has 11 heteroatoms. The third-order valence-corrected chi connectivity index (χ3v) is 5.81. The summed E-state index contributed by atoms with van der Waals surface area (Å²) in [4.78, 5) is 33.3. The lowest BCUT2D eigenvalue weighted by atomic mass is 10.1. The molecule has 156 valence electrons. The molecule has 0 aliphatic carbocycles. The van der Waals surface area contributed by atoms with Crippen molar-refractivity contribution in [2.75, 3.05) is 11.8 Å². The van der Waals surface area contributed by atoms with Gasteiger partial charge in [0.1, 0.15) is 11.4 Å². The van der Waals surface area contributed by atoms with Gasteiger partial charge in [0.25, 0.3) is 15.7 Å². The summed E-state index contributed by atoms with van der Waals surface area (Å²) < 4.78 is 34.4. The number of nitro groups is 1. The van der Waals surface area contributed by atoms with E-state index in [1.165, 1.54) is 61.2 Å². The normalized spacial score (nSPS) is 11.3. The highest BCUT2D eigenvalue weighted by Gasteiger charge is 2.24. The lowest BCUT2D eigenvalue weighted by Crippen LogP contribution is -2.13. The number of non-ortho nitro benzene ring substituents is 1. The third-order valence-electron chi connectivity index (χ3n) is 4.40. The largest absolute Gasteiger partial charge is 0.468 e. The first-order valence-electron chi connectivity index (χ1n) is 8.60. The maximum Gasteiger partial charge on any atom is 0.325 e. The number of anilines is 1. The highest BCUT2D eigenvalue weighted by Crippen LogP contribution is 2.30. The van der Waals surface area contributed by atoms with Crippen LogP contribution in [0.3, 0.4) is 0 Å². The van der Waals surface area contributed by atoms with Crippen molar-refractivity contribution in [3.8, 4) is 0 Å². The zero-order chi connectivity index (χ0) is 22.1. The fraction of sp³-hybridized carbons (Fsp3) is 0.158.